The second-order valence-electron chi connectivity index (χ2n) is 5.42. The molecule has 0 aliphatic heterocycles. The van der Waals surface area contributed by atoms with Gasteiger partial charge in [-0.25, -0.2) is 0 Å². The minimum atomic E-state index is -0.844. The van der Waals surface area contributed by atoms with Gasteiger partial charge in [0, 0.05) is 0 Å². The molecule has 6 heteroatoms. The third-order valence-corrected chi connectivity index (χ3v) is 7.68. The van der Waals surface area contributed by atoms with Gasteiger partial charge >= 0.3 is 167 Å². The van der Waals surface area contributed by atoms with Crippen LogP contribution in [0.25, 0.3) is 21.5 Å². The third kappa shape index (κ3) is 2.34. The standard InChI is InChI=1S/C18H6F2Se4/c19-11-5-9-10(6-12(11)20)18(24)14-13(17(9)23)15(21)7-3-1-2-4-8(7)16(14)22/h1-6H. The molecule has 0 radical (unpaired) electrons. The molecule has 24 heavy (non-hydrogen) atoms. The first-order valence-electron chi connectivity index (χ1n) is 6.93. The molecule has 0 nitrogen and oxygen atoms in total. The quantitative estimate of drug-likeness (QED) is 0.283. The van der Waals surface area contributed by atoms with Crippen LogP contribution in [0.1, 0.15) is 0 Å². The molecule has 2 aliphatic carbocycles. The predicted octanol–water partition coefficient (Wildman–Crippen LogP) is 2.67. The first-order valence-corrected chi connectivity index (χ1v) is 10.4. The topological polar surface area (TPSA) is 0 Å². The van der Waals surface area contributed by atoms with E-state index in [9.17, 15) is 8.78 Å². The zero-order valence-electron chi connectivity index (χ0n) is 11.9. The van der Waals surface area contributed by atoms with E-state index in [1.54, 1.807) is 0 Å². The van der Waals surface area contributed by atoms with E-state index in [4.69, 9.17) is 0 Å². The van der Waals surface area contributed by atoms with E-state index in [0.717, 1.165) is 37.5 Å². The summed E-state index contributed by atoms with van der Waals surface area (Å²) in [7, 11) is 0. The Labute approximate surface area is 166 Å². The van der Waals surface area contributed by atoms with E-state index in [1.165, 1.54) is 12.1 Å². The van der Waals surface area contributed by atoms with E-state index in [0.29, 0.717) is 10.8 Å². The molecule has 0 spiro atoms. The number of fused-ring (bicyclic) bond motifs is 2. The van der Waals surface area contributed by atoms with Crippen LogP contribution in [0, 0.1) is 38.3 Å². The van der Waals surface area contributed by atoms with Crippen LogP contribution < -0.4 is 0 Å². The Morgan fingerprint density at radius 2 is 0.875 bits per heavy atom. The maximum absolute atomic E-state index is 13.8. The molecule has 2 aromatic carbocycles. The summed E-state index contributed by atoms with van der Waals surface area (Å²) in [6.07, 6.45) is 0. The van der Waals surface area contributed by atoms with Gasteiger partial charge < -0.3 is 0 Å². The van der Waals surface area contributed by atoms with Crippen LogP contribution >= 0.6 is 0 Å². The Kier molecular flexibility index (Phi) is 4.32. The number of rotatable bonds is 0. The van der Waals surface area contributed by atoms with Crippen molar-refractivity contribution in [3.8, 4) is 0 Å². The summed E-state index contributed by atoms with van der Waals surface area (Å²) in [6, 6.07) is 10.6. The Balaban J connectivity index is 2.56. The van der Waals surface area contributed by atoms with Crippen molar-refractivity contribution in [2.45, 2.75) is 0 Å². The van der Waals surface area contributed by atoms with Gasteiger partial charge in [-0.2, -0.15) is 0 Å². The number of halogens is 2. The summed E-state index contributed by atoms with van der Waals surface area (Å²) in [5.74, 6) is -1.69. The molecule has 0 heterocycles. The monoisotopic (exact) mass is 580 g/mol. The van der Waals surface area contributed by atoms with Crippen molar-refractivity contribution in [3.05, 3.63) is 74.7 Å². The first-order chi connectivity index (χ1) is 11.4. The molecular formula is C18H6F2Se4. The van der Waals surface area contributed by atoms with Gasteiger partial charge in [-0.05, 0) is 0 Å². The fourth-order valence-electron chi connectivity index (χ4n) is 3.00. The summed E-state index contributed by atoms with van der Waals surface area (Å²) in [4.78, 5) is 0. The molecule has 0 fully saturated rings. The van der Waals surface area contributed by atoms with Crippen molar-refractivity contribution in [3.63, 3.8) is 0 Å². The van der Waals surface area contributed by atoms with Crippen LogP contribution in [0.3, 0.4) is 0 Å². The molecule has 0 saturated carbocycles. The summed E-state index contributed by atoms with van der Waals surface area (Å²) < 4.78 is 31.2. The molecule has 0 saturated heterocycles. The molecule has 4 rings (SSSR count). The molecule has 0 bridgehead atoms. The molecule has 116 valence electrons. The van der Waals surface area contributed by atoms with Gasteiger partial charge in [-0.3, -0.25) is 0 Å². The third-order valence-electron chi connectivity index (χ3n) is 4.12. The van der Waals surface area contributed by atoms with Gasteiger partial charge in [0.05, 0.1) is 0 Å². The summed E-state index contributed by atoms with van der Waals surface area (Å²) >= 11 is 12.4. The van der Waals surface area contributed by atoms with Crippen LogP contribution in [0.2, 0.25) is 0 Å². The molecule has 2 aliphatic rings. The Morgan fingerprint density at radius 3 is 1.25 bits per heavy atom. The zero-order chi connectivity index (χ0) is 17.2. The van der Waals surface area contributed by atoms with Crippen molar-refractivity contribution in [2.24, 2.45) is 0 Å². The first kappa shape index (κ1) is 17.0. The second kappa shape index (κ2) is 6.09. The number of hydrogen-bond acceptors (Lipinski definition) is 0. The van der Waals surface area contributed by atoms with Gasteiger partial charge in [0.25, 0.3) is 0 Å². The van der Waals surface area contributed by atoms with Crippen LogP contribution in [-0.2, 0) is 0 Å². The summed E-state index contributed by atoms with van der Waals surface area (Å²) in [6.45, 7) is 0. The summed E-state index contributed by atoms with van der Waals surface area (Å²) in [5, 5.41) is 5.49. The van der Waals surface area contributed by atoms with Crippen LogP contribution in [0.4, 0.5) is 8.78 Å². The SMILES string of the molecule is Fc1cc2c(=[Se])c3c(=[Se])c4ccccc4c(=[Se])c=3c(=[Se])c2cc1F. The average Bonchev–Trinajstić information content (AvgIpc) is 2.57. The van der Waals surface area contributed by atoms with Crippen LogP contribution in [0.5, 0.6) is 0 Å². The van der Waals surface area contributed by atoms with Crippen molar-refractivity contribution in [1.29, 1.82) is 0 Å². The van der Waals surface area contributed by atoms with Gasteiger partial charge in [-0.1, -0.05) is 0 Å². The molecular weight excluding hydrogens is 570 g/mol. The van der Waals surface area contributed by atoms with Gasteiger partial charge in [0.2, 0.25) is 0 Å². The Bertz CT molecular complexity index is 1340. The van der Waals surface area contributed by atoms with Gasteiger partial charge in [0.15, 0.2) is 0 Å². The van der Waals surface area contributed by atoms with E-state index in [1.807, 2.05) is 12.1 Å². The Hall–Kier alpha value is -0.402. The number of hydrogen-bond donors (Lipinski definition) is 0. The molecule has 0 amide bonds. The van der Waals surface area contributed by atoms with Crippen molar-refractivity contribution in [1.82, 2.24) is 0 Å². The van der Waals surface area contributed by atoms with E-state index < -0.39 is 11.6 Å². The van der Waals surface area contributed by atoms with Crippen LogP contribution in [0.15, 0.2) is 36.4 Å². The van der Waals surface area contributed by atoms with Gasteiger partial charge in [0.1, 0.15) is 0 Å². The molecule has 0 unspecified atom stereocenters. The van der Waals surface area contributed by atoms with Crippen molar-refractivity contribution < 1.29 is 8.78 Å². The Morgan fingerprint density at radius 1 is 0.542 bits per heavy atom. The van der Waals surface area contributed by atoms with Crippen molar-refractivity contribution in [2.75, 3.05) is 0 Å². The maximum atomic E-state index is 13.8. The van der Waals surface area contributed by atoms with E-state index in [-0.39, 0.29) is 0 Å². The molecule has 0 atom stereocenters. The summed E-state index contributed by atoms with van der Waals surface area (Å²) in [5.41, 5.74) is 0. The average molecular weight is 576 g/mol. The van der Waals surface area contributed by atoms with Crippen LogP contribution in [-0.4, -0.2) is 62.3 Å². The predicted molar refractivity (Wildman–Crippen MR) is 95.0 cm³/mol. The fourth-order valence-corrected chi connectivity index (χ4v) is 6.82. The normalized spacial score (nSPS) is 11.6. The fraction of sp³-hybridized carbons (Fsp3) is 0. The second-order valence-corrected chi connectivity index (χ2v) is 8.85. The molecule has 2 aromatic rings. The zero-order valence-corrected chi connectivity index (χ0v) is 18.7. The number of benzene rings is 2. The van der Waals surface area contributed by atoms with E-state index in [2.05, 4.69) is 74.4 Å². The van der Waals surface area contributed by atoms with Gasteiger partial charge in [-0.15, -0.1) is 0 Å². The molecule has 0 aromatic heterocycles. The van der Waals surface area contributed by atoms with Crippen molar-refractivity contribution >= 4 is 83.8 Å². The molecule has 0 N–H and O–H groups in total. The van der Waals surface area contributed by atoms with E-state index >= 15 is 0 Å². The minimum absolute atomic E-state index is 0.668.